The molecule has 0 spiro atoms. The molecule has 1 aliphatic carbocycles. The summed E-state index contributed by atoms with van der Waals surface area (Å²) < 4.78 is 0. The van der Waals surface area contributed by atoms with E-state index >= 15 is 0 Å². The van der Waals surface area contributed by atoms with E-state index in [9.17, 15) is 4.79 Å². The molecule has 1 aromatic carbocycles. The minimum absolute atomic E-state index is 0.251. The Balaban J connectivity index is 1.61. The lowest BCUT2D eigenvalue weighted by Crippen LogP contribution is -2.13. The van der Waals surface area contributed by atoms with Crippen molar-refractivity contribution in [3.05, 3.63) is 59.0 Å². The van der Waals surface area contributed by atoms with Gasteiger partial charge in [0, 0.05) is 17.3 Å². The molecule has 6 nitrogen and oxygen atoms in total. The van der Waals surface area contributed by atoms with Crippen LogP contribution in [0.4, 0.5) is 5.00 Å². The Morgan fingerprint density at radius 2 is 2.04 bits per heavy atom. The van der Waals surface area contributed by atoms with Gasteiger partial charge in [0.1, 0.15) is 16.5 Å². The van der Waals surface area contributed by atoms with Crippen LogP contribution in [0.15, 0.2) is 42.9 Å². The number of imidazole rings is 1. The molecule has 0 fully saturated rings. The first-order valence-corrected chi connectivity index (χ1v) is 9.78. The van der Waals surface area contributed by atoms with E-state index in [2.05, 4.69) is 20.3 Å². The fourth-order valence-electron chi connectivity index (χ4n) is 3.56. The highest BCUT2D eigenvalue weighted by Gasteiger charge is 2.25. The van der Waals surface area contributed by atoms with Gasteiger partial charge in [-0.2, -0.15) is 0 Å². The van der Waals surface area contributed by atoms with Gasteiger partial charge in [0.05, 0.1) is 22.8 Å². The SMILES string of the molecule is O=C(Nc1sc2c(c1-c1nc3ccccc3[nH]1)CCCC2)c1cnccn1. The predicted octanol–water partition coefficient (Wildman–Crippen LogP) is 4.21. The van der Waals surface area contributed by atoms with E-state index in [1.54, 1.807) is 17.5 Å². The number of aromatic nitrogens is 4. The van der Waals surface area contributed by atoms with Gasteiger partial charge in [-0.1, -0.05) is 12.1 Å². The third kappa shape index (κ3) is 2.90. The maximum Gasteiger partial charge on any atom is 0.276 e. The first-order valence-electron chi connectivity index (χ1n) is 8.96. The van der Waals surface area contributed by atoms with Gasteiger partial charge in [0.15, 0.2) is 0 Å². The quantitative estimate of drug-likeness (QED) is 0.562. The molecule has 0 saturated heterocycles. The number of hydrogen-bond donors (Lipinski definition) is 2. The summed E-state index contributed by atoms with van der Waals surface area (Å²) in [6, 6.07) is 7.98. The number of carbonyl (C=O) groups is 1. The molecule has 1 aliphatic rings. The Bertz CT molecular complexity index is 1100. The second kappa shape index (κ2) is 6.59. The van der Waals surface area contributed by atoms with Crippen LogP contribution in [0.3, 0.4) is 0 Å². The summed E-state index contributed by atoms with van der Waals surface area (Å²) in [6.07, 6.45) is 8.96. The predicted molar refractivity (Wildman–Crippen MR) is 106 cm³/mol. The number of carbonyl (C=O) groups excluding carboxylic acids is 1. The lowest BCUT2D eigenvalue weighted by atomic mass is 9.95. The molecule has 27 heavy (non-hydrogen) atoms. The zero-order chi connectivity index (χ0) is 18.2. The van der Waals surface area contributed by atoms with E-state index in [0.717, 1.165) is 46.7 Å². The number of nitrogens with one attached hydrogen (secondary N) is 2. The zero-order valence-electron chi connectivity index (χ0n) is 14.5. The summed E-state index contributed by atoms with van der Waals surface area (Å²) in [7, 11) is 0. The van der Waals surface area contributed by atoms with Crippen LogP contribution in [0.5, 0.6) is 0 Å². The molecule has 7 heteroatoms. The lowest BCUT2D eigenvalue weighted by Gasteiger charge is -2.11. The largest absolute Gasteiger partial charge is 0.338 e. The third-order valence-corrected chi connectivity index (χ3v) is 6.03. The molecule has 0 saturated carbocycles. The van der Waals surface area contributed by atoms with Crippen LogP contribution in [0.25, 0.3) is 22.4 Å². The van der Waals surface area contributed by atoms with Gasteiger partial charge in [-0.3, -0.25) is 9.78 Å². The smallest absolute Gasteiger partial charge is 0.276 e. The number of amides is 1. The lowest BCUT2D eigenvalue weighted by molar-refractivity contribution is 0.102. The fraction of sp³-hybridized carbons (Fsp3) is 0.200. The molecular formula is C20H17N5OS. The molecule has 3 aromatic heterocycles. The van der Waals surface area contributed by atoms with Crippen molar-refractivity contribution in [2.75, 3.05) is 5.32 Å². The summed E-state index contributed by atoms with van der Waals surface area (Å²) in [5, 5.41) is 3.87. The summed E-state index contributed by atoms with van der Waals surface area (Å²) in [6.45, 7) is 0. The van der Waals surface area contributed by atoms with Crippen molar-refractivity contribution in [3.8, 4) is 11.4 Å². The highest BCUT2D eigenvalue weighted by molar-refractivity contribution is 7.17. The molecule has 0 unspecified atom stereocenters. The molecule has 3 heterocycles. The van der Waals surface area contributed by atoms with Crippen LogP contribution >= 0.6 is 11.3 Å². The normalized spacial score (nSPS) is 13.5. The highest BCUT2D eigenvalue weighted by atomic mass is 32.1. The van der Waals surface area contributed by atoms with Crippen LogP contribution in [0.1, 0.15) is 33.8 Å². The maximum atomic E-state index is 12.6. The van der Waals surface area contributed by atoms with Crippen LogP contribution in [-0.4, -0.2) is 25.8 Å². The number of anilines is 1. The van der Waals surface area contributed by atoms with Crippen molar-refractivity contribution >= 4 is 33.3 Å². The van der Waals surface area contributed by atoms with Crippen molar-refractivity contribution in [1.29, 1.82) is 0 Å². The molecule has 5 rings (SSSR count). The van der Waals surface area contributed by atoms with Crippen molar-refractivity contribution in [3.63, 3.8) is 0 Å². The van der Waals surface area contributed by atoms with E-state index in [1.807, 2.05) is 24.3 Å². The molecule has 1 amide bonds. The number of fused-ring (bicyclic) bond motifs is 2. The molecule has 0 aliphatic heterocycles. The number of rotatable bonds is 3. The average molecular weight is 375 g/mol. The molecule has 0 radical (unpaired) electrons. The Kier molecular flexibility index (Phi) is 3.94. The Hall–Kier alpha value is -3.06. The molecule has 0 bridgehead atoms. The Morgan fingerprint density at radius 3 is 2.89 bits per heavy atom. The Morgan fingerprint density at radius 1 is 1.15 bits per heavy atom. The second-order valence-electron chi connectivity index (χ2n) is 6.56. The Labute approximate surface area is 159 Å². The molecule has 134 valence electrons. The number of para-hydroxylation sites is 2. The standard InChI is InChI=1S/C20H17N5OS/c26-19(15-11-21-9-10-22-15)25-20-17(12-5-1-4-8-16(12)27-20)18-23-13-6-2-3-7-14(13)24-18/h2-3,6-7,9-11H,1,4-5,8H2,(H,23,24)(H,25,26). The van der Waals surface area contributed by atoms with Crippen LogP contribution < -0.4 is 5.32 Å². The van der Waals surface area contributed by atoms with Crippen molar-refractivity contribution in [2.24, 2.45) is 0 Å². The number of thiophene rings is 1. The van der Waals surface area contributed by atoms with Crippen LogP contribution in [-0.2, 0) is 12.8 Å². The van der Waals surface area contributed by atoms with E-state index in [-0.39, 0.29) is 5.91 Å². The van der Waals surface area contributed by atoms with Gasteiger partial charge >= 0.3 is 0 Å². The van der Waals surface area contributed by atoms with Crippen molar-refractivity contribution < 1.29 is 4.79 Å². The van der Waals surface area contributed by atoms with Crippen LogP contribution in [0.2, 0.25) is 0 Å². The highest BCUT2D eigenvalue weighted by Crippen LogP contribution is 2.43. The second-order valence-corrected chi connectivity index (χ2v) is 7.67. The number of hydrogen-bond acceptors (Lipinski definition) is 5. The molecule has 0 atom stereocenters. The van der Waals surface area contributed by atoms with Gasteiger partial charge in [0.2, 0.25) is 0 Å². The van der Waals surface area contributed by atoms with Gasteiger partial charge < -0.3 is 10.3 Å². The van der Waals surface area contributed by atoms with Gasteiger partial charge in [-0.25, -0.2) is 9.97 Å². The van der Waals surface area contributed by atoms with Crippen LogP contribution in [0, 0.1) is 0 Å². The van der Waals surface area contributed by atoms with Gasteiger partial charge in [-0.15, -0.1) is 11.3 Å². The fourth-order valence-corrected chi connectivity index (χ4v) is 4.84. The number of nitrogens with zero attached hydrogens (tertiary/aromatic N) is 3. The number of aryl methyl sites for hydroxylation is 1. The topological polar surface area (TPSA) is 83.6 Å². The van der Waals surface area contributed by atoms with Crippen molar-refractivity contribution in [2.45, 2.75) is 25.7 Å². The summed E-state index contributed by atoms with van der Waals surface area (Å²) >= 11 is 1.65. The van der Waals surface area contributed by atoms with Gasteiger partial charge in [-0.05, 0) is 43.4 Å². The van der Waals surface area contributed by atoms with Crippen molar-refractivity contribution in [1.82, 2.24) is 19.9 Å². The molecular weight excluding hydrogens is 358 g/mol. The first kappa shape index (κ1) is 16.1. The summed E-state index contributed by atoms with van der Waals surface area (Å²) in [4.78, 5) is 30.3. The minimum atomic E-state index is -0.251. The monoisotopic (exact) mass is 375 g/mol. The van der Waals surface area contributed by atoms with E-state index in [1.165, 1.54) is 29.3 Å². The first-order chi connectivity index (χ1) is 13.3. The number of aromatic amines is 1. The molecule has 2 N–H and O–H groups in total. The van der Waals surface area contributed by atoms with E-state index in [0.29, 0.717) is 5.69 Å². The number of benzene rings is 1. The third-order valence-electron chi connectivity index (χ3n) is 4.82. The number of H-pyrrole nitrogens is 1. The van der Waals surface area contributed by atoms with Gasteiger partial charge in [0.25, 0.3) is 5.91 Å². The van der Waals surface area contributed by atoms with E-state index < -0.39 is 0 Å². The summed E-state index contributed by atoms with van der Waals surface area (Å²) in [5.41, 5.74) is 4.55. The molecule has 4 aromatic rings. The minimum Gasteiger partial charge on any atom is -0.338 e. The van der Waals surface area contributed by atoms with E-state index in [4.69, 9.17) is 4.98 Å². The maximum absolute atomic E-state index is 12.6. The zero-order valence-corrected chi connectivity index (χ0v) is 15.3. The average Bonchev–Trinajstić information content (AvgIpc) is 3.29. The summed E-state index contributed by atoms with van der Waals surface area (Å²) in [5.74, 6) is 0.559.